The van der Waals surface area contributed by atoms with Gasteiger partial charge in [0.2, 0.25) is 0 Å². The molecule has 1 heterocycles. The van der Waals surface area contributed by atoms with Crippen LogP contribution in [0.5, 0.6) is 0 Å². The van der Waals surface area contributed by atoms with Crippen LogP contribution >= 0.6 is 35.2 Å². The van der Waals surface area contributed by atoms with Crippen LogP contribution in [0.3, 0.4) is 0 Å². The van der Waals surface area contributed by atoms with Crippen LogP contribution in [-0.4, -0.2) is 18.2 Å². The molecule has 7 heteroatoms. The van der Waals surface area contributed by atoms with Crippen molar-refractivity contribution in [3.8, 4) is 0 Å². The number of rotatable bonds is 4. The number of anilines is 1. The molecular weight excluding hydrogens is 388 g/mol. The summed E-state index contributed by atoms with van der Waals surface area (Å²) < 4.78 is 5.66. The van der Waals surface area contributed by atoms with Crippen LogP contribution in [0.4, 0.5) is 5.69 Å². The van der Waals surface area contributed by atoms with Gasteiger partial charge in [-0.3, -0.25) is 0 Å². The van der Waals surface area contributed by atoms with Crippen LogP contribution in [-0.2, 0) is 4.74 Å². The van der Waals surface area contributed by atoms with Gasteiger partial charge in [0, 0.05) is 15.8 Å². The number of carbonyl (C=O) groups is 1. The maximum atomic E-state index is 11.8. The van der Waals surface area contributed by atoms with Crippen molar-refractivity contribution in [2.45, 2.75) is 13.0 Å². The Kier molecular flexibility index (Phi) is 5.76. The lowest BCUT2D eigenvalue weighted by Crippen LogP contribution is -2.30. The summed E-state index contributed by atoms with van der Waals surface area (Å²) in [7, 11) is 1.34. The molecule has 0 spiro atoms. The maximum Gasteiger partial charge on any atom is 0.349 e. The van der Waals surface area contributed by atoms with Gasteiger partial charge in [-0.2, -0.15) is 0 Å². The van der Waals surface area contributed by atoms with E-state index in [-0.39, 0.29) is 6.04 Å². The summed E-state index contributed by atoms with van der Waals surface area (Å²) in [6.45, 7) is 2.05. The zero-order valence-electron chi connectivity index (χ0n) is 14.2. The Labute approximate surface area is 166 Å². The first-order valence-corrected chi connectivity index (χ1v) is 9.52. The number of hydrogen-bond acceptors (Lipinski definition) is 4. The monoisotopic (exact) mass is 404 g/mol. The summed E-state index contributed by atoms with van der Waals surface area (Å²) in [5.41, 5.74) is 1.98. The molecule has 0 aliphatic carbocycles. The molecule has 0 saturated heterocycles. The fraction of sp³-hybridized carbons (Fsp3) is 0.158. The van der Waals surface area contributed by atoms with Gasteiger partial charge in [-0.15, -0.1) is 11.3 Å². The summed E-state index contributed by atoms with van der Waals surface area (Å²) in [5.74, 6) is -0.431. The first kappa shape index (κ1) is 18.6. The highest BCUT2D eigenvalue weighted by Gasteiger charge is 2.18. The largest absolute Gasteiger partial charge is 0.465 e. The number of thiophene rings is 1. The van der Waals surface area contributed by atoms with E-state index in [1.54, 1.807) is 0 Å². The van der Waals surface area contributed by atoms with Crippen LogP contribution in [0, 0.1) is 0 Å². The maximum absolute atomic E-state index is 11.8. The Morgan fingerprint density at radius 2 is 1.96 bits per heavy atom. The third-order valence-electron chi connectivity index (χ3n) is 3.91. The molecule has 1 aromatic heterocycles. The van der Waals surface area contributed by atoms with Gasteiger partial charge in [-0.25, -0.2) is 4.79 Å². The highest BCUT2D eigenvalue weighted by molar-refractivity contribution is 7.80. The van der Waals surface area contributed by atoms with Gasteiger partial charge in [0.15, 0.2) is 5.11 Å². The predicted molar refractivity (Wildman–Crippen MR) is 112 cm³/mol. The number of esters is 1. The molecular formula is C19H17ClN2O2S2. The molecule has 0 radical (unpaired) electrons. The Morgan fingerprint density at radius 1 is 1.23 bits per heavy atom. The lowest BCUT2D eigenvalue weighted by molar-refractivity contribution is 0.0606. The number of hydrogen-bond donors (Lipinski definition) is 2. The Hall–Kier alpha value is -2.15. The van der Waals surface area contributed by atoms with Gasteiger partial charge < -0.3 is 15.4 Å². The average Bonchev–Trinajstić information content (AvgIpc) is 2.97. The molecule has 2 aromatic carbocycles. The minimum absolute atomic E-state index is 0.0852. The average molecular weight is 405 g/mol. The van der Waals surface area contributed by atoms with Crippen LogP contribution in [0.25, 0.3) is 10.1 Å². The van der Waals surface area contributed by atoms with Gasteiger partial charge >= 0.3 is 5.97 Å². The topological polar surface area (TPSA) is 50.4 Å². The van der Waals surface area contributed by atoms with Crippen LogP contribution in [0.1, 0.15) is 28.2 Å². The Bertz CT molecular complexity index is 957. The molecule has 0 bridgehead atoms. The highest BCUT2D eigenvalue weighted by atomic mass is 35.5. The fourth-order valence-corrected chi connectivity index (χ4v) is 4.32. The number of benzene rings is 2. The van der Waals surface area contributed by atoms with Crippen molar-refractivity contribution >= 4 is 62.0 Å². The van der Waals surface area contributed by atoms with Gasteiger partial charge in [0.25, 0.3) is 0 Å². The SMILES string of the molecule is COC(=O)c1sc2cc(NC(=S)NC(C)c3ccccc3)ccc2c1Cl. The van der Waals surface area contributed by atoms with E-state index in [9.17, 15) is 4.79 Å². The second kappa shape index (κ2) is 8.03. The smallest absolute Gasteiger partial charge is 0.349 e. The van der Waals surface area contributed by atoms with Crippen LogP contribution in [0.15, 0.2) is 48.5 Å². The van der Waals surface area contributed by atoms with Crippen LogP contribution in [0.2, 0.25) is 5.02 Å². The van der Waals surface area contributed by atoms with Crippen molar-refractivity contribution in [3.63, 3.8) is 0 Å². The summed E-state index contributed by atoms with van der Waals surface area (Å²) in [6.07, 6.45) is 0. The zero-order valence-corrected chi connectivity index (χ0v) is 16.6. The molecule has 3 aromatic rings. The summed E-state index contributed by atoms with van der Waals surface area (Å²) >= 11 is 13.0. The second-order valence-corrected chi connectivity index (χ2v) is 7.52. The minimum atomic E-state index is -0.431. The Balaban J connectivity index is 1.74. The molecule has 0 aliphatic heterocycles. The first-order chi connectivity index (χ1) is 12.5. The van der Waals surface area contributed by atoms with E-state index >= 15 is 0 Å². The standard InChI is InChI=1S/C19H17ClN2O2S2/c1-11(12-6-4-3-5-7-12)21-19(25)22-13-8-9-14-15(10-13)26-17(16(14)20)18(23)24-2/h3-11H,1-2H3,(H2,21,22,25). The van der Waals surface area contributed by atoms with E-state index in [2.05, 4.69) is 10.6 Å². The van der Waals surface area contributed by atoms with Gasteiger partial charge in [-0.05, 0) is 42.9 Å². The molecule has 1 atom stereocenters. The molecule has 0 saturated carbocycles. The normalized spacial score (nSPS) is 11.8. The van der Waals surface area contributed by atoms with Crippen molar-refractivity contribution in [2.75, 3.05) is 12.4 Å². The van der Waals surface area contributed by atoms with E-state index < -0.39 is 5.97 Å². The molecule has 0 aliphatic rings. The quantitative estimate of drug-likeness (QED) is 0.451. The van der Waals surface area contributed by atoms with Crippen molar-refractivity contribution in [1.29, 1.82) is 0 Å². The summed E-state index contributed by atoms with van der Waals surface area (Å²) in [6, 6.07) is 15.8. The molecule has 4 nitrogen and oxygen atoms in total. The molecule has 1 unspecified atom stereocenters. The Morgan fingerprint density at radius 3 is 2.65 bits per heavy atom. The highest BCUT2D eigenvalue weighted by Crippen LogP contribution is 2.37. The van der Waals surface area contributed by atoms with Gasteiger partial charge in [0.1, 0.15) is 4.88 Å². The zero-order chi connectivity index (χ0) is 18.7. The predicted octanol–water partition coefficient (Wildman–Crippen LogP) is 5.39. The van der Waals surface area contributed by atoms with Gasteiger partial charge in [0.05, 0.1) is 18.2 Å². The lowest BCUT2D eigenvalue weighted by atomic mass is 10.1. The number of thiocarbonyl (C=S) groups is 1. The van der Waals surface area contributed by atoms with Crippen molar-refractivity contribution in [1.82, 2.24) is 5.32 Å². The van der Waals surface area contributed by atoms with Crippen molar-refractivity contribution < 1.29 is 9.53 Å². The van der Waals surface area contributed by atoms with Gasteiger partial charge in [-0.1, -0.05) is 41.9 Å². The van der Waals surface area contributed by atoms with E-state index in [0.29, 0.717) is 15.0 Å². The fourth-order valence-electron chi connectivity index (χ4n) is 2.56. The summed E-state index contributed by atoms with van der Waals surface area (Å²) in [4.78, 5) is 12.2. The lowest BCUT2D eigenvalue weighted by Gasteiger charge is -2.17. The number of nitrogens with one attached hydrogen (secondary N) is 2. The number of fused-ring (bicyclic) bond motifs is 1. The van der Waals surface area contributed by atoms with Crippen molar-refractivity contribution in [2.24, 2.45) is 0 Å². The molecule has 3 rings (SSSR count). The third kappa shape index (κ3) is 3.98. The second-order valence-electron chi connectivity index (χ2n) is 5.68. The summed E-state index contributed by atoms with van der Waals surface area (Å²) in [5, 5.41) is 8.20. The number of halogens is 1. The molecule has 2 N–H and O–H groups in total. The van der Waals surface area contributed by atoms with E-state index in [1.807, 2.05) is 55.5 Å². The van der Waals surface area contributed by atoms with E-state index in [4.69, 9.17) is 28.6 Å². The minimum Gasteiger partial charge on any atom is -0.465 e. The third-order valence-corrected chi connectivity index (χ3v) is 5.76. The molecule has 0 fully saturated rings. The van der Waals surface area contributed by atoms with Crippen LogP contribution < -0.4 is 10.6 Å². The molecule has 134 valence electrons. The first-order valence-electron chi connectivity index (χ1n) is 7.92. The molecule has 0 amide bonds. The van der Waals surface area contributed by atoms with E-state index in [1.165, 1.54) is 18.4 Å². The number of methoxy groups -OCH3 is 1. The number of ether oxygens (including phenoxy) is 1. The number of carbonyl (C=O) groups excluding carboxylic acids is 1. The molecule has 26 heavy (non-hydrogen) atoms. The van der Waals surface area contributed by atoms with E-state index in [0.717, 1.165) is 21.3 Å². The van der Waals surface area contributed by atoms with Crippen molar-refractivity contribution in [3.05, 3.63) is 64.0 Å².